The van der Waals surface area contributed by atoms with Crippen LogP contribution in [0.25, 0.3) is 11.4 Å². The Morgan fingerprint density at radius 1 is 0.972 bits per heavy atom. The fraction of sp³-hybridized carbons (Fsp3) is 0.519. The van der Waals surface area contributed by atoms with Gasteiger partial charge in [-0.3, -0.25) is 9.78 Å². The van der Waals surface area contributed by atoms with Crippen molar-refractivity contribution in [2.45, 2.75) is 46.3 Å². The molecule has 9 heteroatoms. The van der Waals surface area contributed by atoms with E-state index < -0.39 is 0 Å². The molecule has 3 fully saturated rings. The molecule has 36 heavy (non-hydrogen) atoms. The minimum absolute atomic E-state index is 0.0367. The molecule has 0 bridgehead atoms. The van der Waals surface area contributed by atoms with Gasteiger partial charge in [0.05, 0.1) is 11.3 Å². The van der Waals surface area contributed by atoms with Gasteiger partial charge in [0, 0.05) is 68.4 Å². The summed E-state index contributed by atoms with van der Waals surface area (Å²) >= 11 is 0. The van der Waals surface area contributed by atoms with Crippen molar-refractivity contribution in [1.82, 2.24) is 29.6 Å². The van der Waals surface area contributed by atoms with Crippen LogP contribution in [0, 0.1) is 32.6 Å². The monoisotopic (exact) mass is 487 g/mol. The third-order valence-corrected chi connectivity index (χ3v) is 8.06. The van der Waals surface area contributed by atoms with Crippen LogP contribution in [0.1, 0.15) is 52.8 Å². The third-order valence-electron chi connectivity index (χ3n) is 8.06. The SMILES string of the molecule is Cc1nc(N2CC3CN(C(=O)c4cccnc4-c4ccnn4C4CCCCO4)CC3C2)nc(C)c1C. The van der Waals surface area contributed by atoms with E-state index in [2.05, 4.69) is 21.9 Å². The lowest BCUT2D eigenvalue weighted by Crippen LogP contribution is -2.34. The molecule has 3 saturated heterocycles. The fourth-order valence-electron chi connectivity index (χ4n) is 5.82. The van der Waals surface area contributed by atoms with Gasteiger partial charge < -0.3 is 14.5 Å². The number of hydrogen-bond acceptors (Lipinski definition) is 7. The Kier molecular flexibility index (Phi) is 5.95. The smallest absolute Gasteiger partial charge is 0.256 e. The van der Waals surface area contributed by atoms with Gasteiger partial charge in [0.15, 0.2) is 6.23 Å². The van der Waals surface area contributed by atoms with Crippen molar-refractivity contribution in [2.24, 2.45) is 11.8 Å². The molecule has 188 valence electrons. The van der Waals surface area contributed by atoms with Crippen LogP contribution in [0.2, 0.25) is 0 Å². The van der Waals surface area contributed by atoms with E-state index in [4.69, 9.17) is 14.7 Å². The van der Waals surface area contributed by atoms with E-state index in [0.29, 0.717) is 23.1 Å². The van der Waals surface area contributed by atoms with Gasteiger partial charge in [0.25, 0.3) is 5.91 Å². The molecule has 3 unspecified atom stereocenters. The highest BCUT2D eigenvalue weighted by atomic mass is 16.5. The van der Waals surface area contributed by atoms with Gasteiger partial charge in [-0.15, -0.1) is 0 Å². The second kappa shape index (κ2) is 9.28. The highest BCUT2D eigenvalue weighted by Crippen LogP contribution is 2.35. The number of aryl methyl sites for hydroxylation is 2. The number of pyridine rings is 1. The zero-order valence-electron chi connectivity index (χ0n) is 21.2. The van der Waals surface area contributed by atoms with E-state index in [0.717, 1.165) is 80.6 Å². The predicted octanol–water partition coefficient (Wildman–Crippen LogP) is 3.57. The van der Waals surface area contributed by atoms with E-state index in [-0.39, 0.29) is 12.1 Å². The predicted molar refractivity (Wildman–Crippen MR) is 136 cm³/mol. The summed E-state index contributed by atoms with van der Waals surface area (Å²) in [6, 6.07) is 5.65. The lowest BCUT2D eigenvalue weighted by molar-refractivity contribution is -0.0384. The molecule has 3 atom stereocenters. The van der Waals surface area contributed by atoms with E-state index in [9.17, 15) is 4.79 Å². The van der Waals surface area contributed by atoms with Gasteiger partial charge in [0.2, 0.25) is 5.95 Å². The number of hydrogen-bond donors (Lipinski definition) is 0. The van der Waals surface area contributed by atoms with Crippen LogP contribution in [0.3, 0.4) is 0 Å². The van der Waals surface area contributed by atoms with Crippen LogP contribution < -0.4 is 4.90 Å². The van der Waals surface area contributed by atoms with Crippen molar-refractivity contribution >= 4 is 11.9 Å². The Morgan fingerprint density at radius 3 is 2.42 bits per heavy atom. The first kappa shape index (κ1) is 23.1. The number of ether oxygens (including phenoxy) is 1. The number of likely N-dealkylation sites (tertiary alicyclic amines) is 1. The molecule has 3 aliphatic heterocycles. The summed E-state index contributed by atoms with van der Waals surface area (Å²) in [5.74, 6) is 1.69. The first-order valence-electron chi connectivity index (χ1n) is 13.0. The molecule has 9 nitrogen and oxygen atoms in total. The van der Waals surface area contributed by atoms with Crippen molar-refractivity contribution in [2.75, 3.05) is 37.7 Å². The zero-order valence-corrected chi connectivity index (χ0v) is 21.2. The summed E-state index contributed by atoms with van der Waals surface area (Å²) in [7, 11) is 0. The number of carbonyl (C=O) groups is 1. The molecule has 0 N–H and O–H groups in total. The van der Waals surface area contributed by atoms with Crippen molar-refractivity contribution in [3.8, 4) is 11.4 Å². The van der Waals surface area contributed by atoms with E-state index in [1.807, 2.05) is 41.6 Å². The second-order valence-electron chi connectivity index (χ2n) is 10.3. The van der Waals surface area contributed by atoms with Gasteiger partial charge >= 0.3 is 0 Å². The molecular formula is C27H33N7O2. The van der Waals surface area contributed by atoms with Gasteiger partial charge in [-0.25, -0.2) is 14.6 Å². The maximum absolute atomic E-state index is 13.7. The molecule has 6 heterocycles. The van der Waals surface area contributed by atoms with Crippen molar-refractivity contribution in [3.05, 3.63) is 53.1 Å². The molecule has 3 aliphatic rings. The summed E-state index contributed by atoms with van der Waals surface area (Å²) in [6.45, 7) is 10.1. The Morgan fingerprint density at radius 2 is 1.72 bits per heavy atom. The molecule has 0 aliphatic carbocycles. The summed E-state index contributed by atoms with van der Waals surface area (Å²) in [5, 5.41) is 4.52. The molecule has 0 aromatic carbocycles. The van der Waals surface area contributed by atoms with Crippen molar-refractivity contribution < 1.29 is 9.53 Å². The number of nitrogens with zero attached hydrogens (tertiary/aromatic N) is 7. The summed E-state index contributed by atoms with van der Waals surface area (Å²) in [5.41, 5.74) is 5.35. The molecule has 0 radical (unpaired) electrons. The summed E-state index contributed by atoms with van der Waals surface area (Å²) < 4.78 is 7.85. The van der Waals surface area contributed by atoms with Crippen LogP contribution in [0.15, 0.2) is 30.6 Å². The van der Waals surface area contributed by atoms with Crippen LogP contribution >= 0.6 is 0 Å². The Balaban J connectivity index is 1.19. The van der Waals surface area contributed by atoms with Gasteiger partial charge in [-0.05, 0) is 63.8 Å². The highest BCUT2D eigenvalue weighted by molar-refractivity contribution is 5.99. The van der Waals surface area contributed by atoms with E-state index in [1.165, 1.54) is 0 Å². The fourth-order valence-corrected chi connectivity index (χ4v) is 5.82. The van der Waals surface area contributed by atoms with Crippen LogP contribution in [-0.4, -0.2) is 68.3 Å². The van der Waals surface area contributed by atoms with Crippen LogP contribution in [0.5, 0.6) is 0 Å². The van der Waals surface area contributed by atoms with Crippen molar-refractivity contribution in [3.63, 3.8) is 0 Å². The number of anilines is 1. The molecule has 0 saturated carbocycles. The Hall–Kier alpha value is -3.33. The largest absolute Gasteiger partial charge is 0.356 e. The van der Waals surface area contributed by atoms with Crippen molar-refractivity contribution in [1.29, 1.82) is 0 Å². The van der Waals surface area contributed by atoms with Crippen LogP contribution in [-0.2, 0) is 4.74 Å². The average molecular weight is 488 g/mol. The zero-order chi connectivity index (χ0) is 24.8. The van der Waals surface area contributed by atoms with Gasteiger partial charge in [-0.2, -0.15) is 5.10 Å². The lowest BCUT2D eigenvalue weighted by atomic mass is 10.0. The lowest BCUT2D eigenvalue weighted by Gasteiger charge is -2.25. The summed E-state index contributed by atoms with van der Waals surface area (Å²) in [6.07, 6.45) is 6.50. The molecule has 3 aromatic heterocycles. The van der Waals surface area contributed by atoms with E-state index >= 15 is 0 Å². The Bertz CT molecular complexity index is 1250. The van der Waals surface area contributed by atoms with Gasteiger partial charge in [0.1, 0.15) is 5.69 Å². The number of fused-ring (bicyclic) bond motifs is 1. The number of carbonyl (C=O) groups excluding carboxylic acids is 1. The molecule has 6 rings (SSSR count). The topological polar surface area (TPSA) is 89.3 Å². The average Bonchev–Trinajstić information content (AvgIpc) is 3.62. The molecule has 0 spiro atoms. The van der Waals surface area contributed by atoms with E-state index in [1.54, 1.807) is 12.4 Å². The molecular weight excluding hydrogens is 454 g/mol. The minimum atomic E-state index is -0.109. The highest BCUT2D eigenvalue weighted by Gasteiger charge is 2.43. The normalized spacial score (nSPS) is 23.8. The molecule has 3 aromatic rings. The second-order valence-corrected chi connectivity index (χ2v) is 10.3. The number of aromatic nitrogens is 5. The number of rotatable bonds is 4. The number of amides is 1. The maximum Gasteiger partial charge on any atom is 0.256 e. The van der Waals surface area contributed by atoms with Gasteiger partial charge in [-0.1, -0.05) is 0 Å². The summed E-state index contributed by atoms with van der Waals surface area (Å²) in [4.78, 5) is 32.1. The molecule has 1 amide bonds. The third kappa shape index (κ3) is 4.05. The first-order valence-corrected chi connectivity index (χ1v) is 13.0. The Labute approximate surface area is 211 Å². The maximum atomic E-state index is 13.7. The first-order chi connectivity index (χ1) is 17.5. The standard InChI is InChI=1S/C27H33N7O2/c1-17-18(2)30-27(31-19(17)3)33-15-20-13-32(14-21(20)16-33)26(35)22-7-6-10-28-25(22)23-9-11-29-34(23)24-8-4-5-12-36-24/h6-7,9-11,20-21,24H,4-5,8,12-16H2,1-3H3. The van der Waals surface area contributed by atoms with Crippen LogP contribution in [0.4, 0.5) is 5.95 Å². The minimum Gasteiger partial charge on any atom is -0.356 e. The quantitative estimate of drug-likeness (QED) is 0.556.